The second-order valence-corrected chi connectivity index (χ2v) is 7.15. The summed E-state index contributed by atoms with van der Waals surface area (Å²) in [4.78, 5) is 21.3. The smallest absolute Gasteiger partial charge is 0.238 e. The van der Waals surface area contributed by atoms with Gasteiger partial charge in [0.25, 0.3) is 0 Å². The lowest BCUT2D eigenvalue weighted by molar-refractivity contribution is -0.117. The molecule has 140 valence electrons. The standard InChI is InChI=1S/C19H25ClN4O2/c1-14-15(2)26-19(21-14)13-24-9-3-8-23(10-11-24)12-18(25)22-17-6-4-16(20)5-7-17/h4-7H,3,8-13H2,1-2H3,(H,22,25). The molecule has 2 aromatic rings. The van der Waals surface area contributed by atoms with Crippen LogP contribution >= 0.6 is 11.6 Å². The molecule has 1 aromatic carbocycles. The summed E-state index contributed by atoms with van der Waals surface area (Å²) < 4.78 is 5.68. The lowest BCUT2D eigenvalue weighted by Crippen LogP contribution is -2.36. The molecule has 1 saturated heterocycles. The number of nitrogens with zero attached hydrogens (tertiary/aromatic N) is 3. The molecular weight excluding hydrogens is 352 g/mol. The minimum atomic E-state index is -0.000256. The Morgan fingerprint density at radius 3 is 2.54 bits per heavy atom. The van der Waals surface area contributed by atoms with E-state index in [1.807, 2.05) is 26.0 Å². The monoisotopic (exact) mass is 376 g/mol. The maximum atomic E-state index is 12.3. The molecule has 1 amide bonds. The predicted octanol–water partition coefficient (Wildman–Crippen LogP) is 3.09. The third-order valence-corrected chi connectivity index (χ3v) is 4.86. The molecule has 1 aromatic heterocycles. The van der Waals surface area contributed by atoms with Crippen LogP contribution in [0.15, 0.2) is 28.7 Å². The third-order valence-electron chi connectivity index (χ3n) is 4.61. The SMILES string of the molecule is Cc1nc(CN2CCCN(CC(=O)Nc3ccc(Cl)cc3)CC2)oc1C. The molecule has 0 atom stereocenters. The van der Waals surface area contributed by atoms with Gasteiger partial charge < -0.3 is 9.73 Å². The van der Waals surface area contributed by atoms with Crippen molar-refractivity contribution < 1.29 is 9.21 Å². The fourth-order valence-corrected chi connectivity index (χ4v) is 3.20. The van der Waals surface area contributed by atoms with Crippen LogP contribution in [-0.4, -0.2) is 53.4 Å². The Labute approximate surface area is 159 Å². The highest BCUT2D eigenvalue weighted by Crippen LogP contribution is 2.14. The van der Waals surface area contributed by atoms with Gasteiger partial charge in [-0.1, -0.05) is 11.6 Å². The van der Waals surface area contributed by atoms with E-state index < -0.39 is 0 Å². The van der Waals surface area contributed by atoms with Gasteiger partial charge >= 0.3 is 0 Å². The molecule has 1 aliphatic heterocycles. The van der Waals surface area contributed by atoms with Gasteiger partial charge in [-0.15, -0.1) is 0 Å². The van der Waals surface area contributed by atoms with Crippen LogP contribution in [0, 0.1) is 13.8 Å². The minimum absolute atomic E-state index is 0.000256. The van der Waals surface area contributed by atoms with E-state index in [4.69, 9.17) is 16.0 Å². The van der Waals surface area contributed by atoms with Crippen LogP contribution in [0.25, 0.3) is 0 Å². The van der Waals surface area contributed by atoms with Crippen molar-refractivity contribution in [3.63, 3.8) is 0 Å². The zero-order valence-corrected chi connectivity index (χ0v) is 16.1. The van der Waals surface area contributed by atoms with Crippen molar-refractivity contribution in [2.75, 3.05) is 38.0 Å². The number of aromatic nitrogens is 1. The zero-order chi connectivity index (χ0) is 18.5. The van der Waals surface area contributed by atoms with Crippen LogP contribution in [0.4, 0.5) is 5.69 Å². The number of amides is 1. The van der Waals surface area contributed by atoms with E-state index in [9.17, 15) is 4.79 Å². The average molecular weight is 377 g/mol. The summed E-state index contributed by atoms with van der Waals surface area (Å²) >= 11 is 5.87. The van der Waals surface area contributed by atoms with Gasteiger partial charge in [-0.25, -0.2) is 4.98 Å². The molecule has 26 heavy (non-hydrogen) atoms. The van der Waals surface area contributed by atoms with E-state index in [-0.39, 0.29) is 5.91 Å². The number of nitrogens with one attached hydrogen (secondary N) is 1. The van der Waals surface area contributed by atoms with E-state index in [0.29, 0.717) is 11.6 Å². The molecule has 0 aliphatic carbocycles. The van der Waals surface area contributed by atoms with Gasteiger partial charge in [0.15, 0.2) is 0 Å². The highest BCUT2D eigenvalue weighted by molar-refractivity contribution is 6.30. The Balaban J connectivity index is 1.47. The second-order valence-electron chi connectivity index (χ2n) is 6.71. The lowest BCUT2D eigenvalue weighted by Gasteiger charge is -2.20. The molecule has 0 saturated carbocycles. The van der Waals surface area contributed by atoms with Gasteiger partial charge in [0.1, 0.15) is 5.76 Å². The van der Waals surface area contributed by atoms with E-state index in [0.717, 1.165) is 62.2 Å². The maximum absolute atomic E-state index is 12.3. The first-order valence-corrected chi connectivity index (χ1v) is 9.30. The number of aryl methyl sites for hydroxylation is 2. The molecule has 0 unspecified atom stereocenters. The summed E-state index contributed by atoms with van der Waals surface area (Å²) in [5, 5.41) is 3.58. The summed E-state index contributed by atoms with van der Waals surface area (Å²) in [6.07, 6.45) is 1.02. The number of halogens is 1. The molecule has 1 aliphatic rings. The summed E-state index contributed by atoms with van der Waals surface area (Å²) in [6, 6.07) is 7.16. The van der Waals surface area contributed by atoms with Gasteiger partial charge in [-0.2, -0.15) is 0 Å². The zero-order valence-electron chi connectivity index (χ0n) is 15.3. The Kier molecular flexibility index (Phi) is 6.29. The molecule has 3 rings (SSSR count). The second kappa shape index (κ2) is 8.66. The Morgan fingerprint density at radius 2 is 1.85 bits per heavy atom. The highest BCUT2D eigenvalue weighted by Gasteiger charge is 2.19. The van der Waals surface area contributed by atoms with Gasteiger partial charge in [0.05, 0.1) is 18.8 Å². The minimum Gasteiger partial charge on any atom is -0.444 e. The lowest BCUT2D eigenvalue weighted by atomic mass is 10.3. The molecule has 0 spiro atoms. The molecule has 1 fully saturated rings. The first kappa shape index (κ1) is 18.9. The van der Waals surface area contributed by atoms with E-state index >= 15 is 0 Å². The number of oxazole rings is 1. The van der Waals surface area contributed by atoms with Crippen LogP contribution in [0.1, 0.15) is 23.8 Å². The summed E-state index contributed by atoms with van der Waals surface area (Å²) in [5.74, 6) is 1.66. The molecule has 7 heteroatoms. The number of hydrogen-bond acceptors (Lipinski definition) is 5. The maximum Gasteiger partial charge on any atom is 0.238 e. The number of anilines is 1. The highest BCUT2D eigenvalue weighted by atomic mass is 35.5. The predicted molar refractivity (Wildman–Crippen MR) is 102 cm³/mol. The normalized spacial score (nSPS) is 16.4. The first-order valence-electron chi connectivity index (χ1n) is 8.92. The van der Waals surface area contributed by atoms with Gasteiger partial charge in [-0.05, 0) is 57.6 Å². The van der Waals surface area contributed by atoms with Crippen LogP contribution in [-0.2, 0) is 11.3 Å². The molecule has 0 radical (unpaired) electrons. The summed E-state index contributed by atoms with van der Waals surface area (Å²) in [6.45, 7) is 8.67. The van der Waals surface area contributed by atoms with Crippen molar-refractivity contribution in [1.29, 1.82) is 0 Å². The van der Waals surface area contributed by atoms with Crippen LogP contribution in [0.2, 0.25) is 5.02 Å². The van der Waals surface area contributed by atoms with Gasteiger partial charge in [0, 0.05) is 23.8 Å². The summed E-state index contributed by atoms with van der Waals surface area (Å²) in [5.41, 5.74) is 1.72. The van der Waals surface area contributed by atoms with Crippen molar-refractivity contribution in [2.45, 2.75) is 26.8 Å². The molecule has 6 nitrogen and oxygen atoms in total. The average Bonchev–Trinajstić information content (AvgIpc) is 2.78. The number of benzene rings is 1. The first-order chi connectivity index (χ1) is 12.5. The van der Waals surface area contributed by atoms with Crippen LogP contribution in [0.5, 0.6) is 0 Å². The molecular formula is C19H25ClN4O2. The number of carbonyl (C=O) groups is 1. The van der Waals surface area contributed by atoms with E-state index in [2.05, 4.69) is 20.1 Å². The van der Waals surface area contributed by atoms with Crippen LogP contribution < -0.4 is 5.32 Å². The number of hydrogen-bond donors (Lipinski definition) is 1. The molecule has 0 bridgehead atoms. The van der Waals surface area contributed by atoms with E-state index in [1.165, 1.54) is 0 Å². The Bertz CT molecular complexity index is 725. The van der Waals surface area contributed by atoms with Gasteiger partial charge in [-0.3, -0.25) is 14.6 Å². The van der Waals surface area contributed by atoms with Crippen molar-refractivity contribution in [3.05, 3.63) is 46.6 Å². The third kappa shape index (κ3) is 5.30. The Morgan fingerprint density at radius 1 is 1.15 bits per heavy atom. The van der Waals surface area contributed by atoms with E-state index in [1.54, 1.807) is 12.1 Å². The largest absolute Gasteiger partial charge is 0.444 e. The number of rotatable bonds is 5. The topological polar surface area (TPSA) is 61.6 Å². The Hall–Kier alpha value is -1.89. The quantitative estimate of drug-likeness (QED) is 0.868. The number of carbonyl (C=O) groups excluding carboxylic acids is 1. The van der Waals surface area contributed by atoms with Crippen molar-refractivity contribution in [3.8, 4) is 0 Å². The fourth-order valence-electron chi connectivity index (χ4n) is 3.08. The molecule has 2 heterocycles. The fraction of sp³-hybridized carbons (Fsp3) is 0.474. The summed E-state index contributed by atoms with van der Waals surface area (Å²) in [7, 11) is 0. The van der Waals surface area contributed by atoms with Crippen molar-refractivity contribution >= 4 is 23.2 Å². The van der Waals surface area contributed by atoms with Crippen molar-refractivity contribution in [2.24, 2.45) is 0 Å². The molecule has 1 N–H and O–H groups in total. The van der Waals surface area contributed by atoms with Crippen LogP contribution in [0.3, 0.4) is 0 Å². The van der Waals surface area contributed by atoms with Crippen molar-refractivity contribution in [1.82, 2.24) is 14.8 Å². The van der Waals surface area contributed by atoms with Gasteiger partial charge in [0.2, 0.25) is 11.8 Å².